The molecule has 35 heavy (non-hydrogen) atoms. The minimum Gasteiger partial charge on any atom is -0.811 e. The van der Waals surface area contributed by atoms with Gasteiger partial charge in [-0.1, -0.05) is 76.8 Å². The third-order valence-corrected chi connectivity index (χ3v) is 12.5. The molecule has 0 fully saturated rings. The maximum absolute atomic E-state index is 10.9. The van der Waals surface area contributed by atoms with E-state index in [1.807, 2.05) is 27.2 Å². The van der Waals surface area contributed by atoms with E-state index in [-0.39, 0.29) is 5.66 Å². The molecule has 0 aromatic carbocycles. The summed E-state index contributed by atoms with van der Waals surface area (Å²) in [6.45, 7) is 21.0. The molecule has 4 N–H and O–H groups in total. The average Bonchev–Trinajstić information content (AvgIpc) is 2.52. The molecule has 17 heteroatoms. The highest BCUT2D eigenvalue weighted by Gasteiger charge is 2.17. The molecule has 0 bridgehead atoms. The van der Waals surface area contributed by atoms with Crippen molar-refractivity contribution in [2.75, 3.05) is 20.0 Å². The third kappa shape index (κ3) is 39.5. The van der Waals surface area contributed by atoms with Crippen molar-refractivity contribution in [3.05, 3.63) is 0 Å². The van der Waals surface area contributed by atoms with Gasteiger partial charge in [0.2, 0.25) is 0 Å². The van der Waals surface area contributed by atoms with Crippen LogP contribution in [-0.4, -0.2) is 67.9 Å². The van der Waals surface area contributed by atoms with Gasteiger partial charge in [0.25, 0.3) is 0 Å². The normalized spacial score (nSPS) is 15.5. The lowest BCUT2D eigenvalue weighted by atomic mass is 10.6. The molecule has 0 aromatic heterocycles. The van der Waals surface area contributed by atoms with Crippen molar-refractivity contribution >= 4 is 37.3 Å². The van der Waals surface area contributed by atoms with Gasteiger partial charge in [-0.25, -0.2) is 0 Å². The van der Waals surface area contributed by atoms with Gasteiger partial charge in [0.15, 0.2) is 7.37 Å². The summed E-state index contributed by atoms with van der Waals surface area (Å²) in [5.74, 6) is 0. The molecular weight excluding hydrogens is 563 g/mol. The van der Waals surface area contributed by atoms with Crippen LogP contribution in [0.4, 0.5) is 0 Å². The Morgan fingerprint density at radius 3 is 0.629 bits per heavy atom. The Kier molecular flexibility index (Phi) is 24.9. The van der Waals surface area contributed by atoms with E-state index in [0.717, 1.165) is 0 Å². The van der Waals surface area contributed by atoms with Gasteiger partial charge in [-0.15, -0.1) is 0 Å². The SMILES string of the molecule is CC(C)P(=O)(O)O.CC(C)P(=O)([O-])O.CC(C)P(=O)([O-])[O-].CC(C)P(C)(=O)O.CC(C)P(C)(C)=O. The van der Waals surface area contributed by atoms with Crippen LogP contribution >= 0.6 is 37.3 Å². The second-order valence-electron chi connectivity index (χ2n) is 9.54. The Morgan fingerprint density at radius 1 is 0.486 bits per heavy atom. The second kappa shape index (κ2) is 19.0. The highest BCUT2D eigenvalue weighted by atomic mass is 31.2. The van der Waals surface area contributed by atoms with E-state index >= 15 is 0 Å². The summed E-state index contributed by atoms with van der Waals surface area (Å²) in [7, 11) is -16.4. The van der Waals surface area contributed by atoms with Crippen LogP contribution in [0.25, 0.3) is 0 Å². The molecule has 12 nitrogen and oxygen atoms in total. The zero-order valence-corrected chi connectivity index (χ0v) is 27.6. The summed E-state index contributed by atoms with van der Waals surface area (Å²) in [4.78, 5) is 62.7. The highest BCUT2D eigenvalue weighted by Crippen LogP contribution is 2.42. The fraction of sp³-hybridized carbons (Fsp3) is 1.00. The van der Waals surface area contributed by atoms with Crippen LogP contribution in [0, 0.1) is 0 Å². The number of rotatable bonds is 5. The molecule has 0 spiro atoms. The summed E-state index contributed by atoms with van der Waals surface area (Å²) in [5.41, 5.74) is -1.67. The number of hydrogen-bond acceptors (Lipinski definition) is 8. The molecular formula is C18H48O12P5-3. The van der Waals surface area contributed by atoms with Gasteiger partial charge in [0.05, 0.1) is 12.8 Å². The largest absolute Gasteiger partial charge is 0.811 e. The van der Waals surface area contributed by atoms with Crippen LogP contribution in [-0.2, 0) is 22.8 Å². The zero-order valence-electron chi connectivity index (χ0n) is 23.2. The monoisotopic (exact) mass is 611 g/mol. The van der Waals surface area contributed by atoms with Crippen LogP contribution in [0.5, 0.6) is 0 Å². The van der Waals surface area contributed by atoms with Crippen molar-refractivity contribution in [2.24, 2.45) is 0 Å². The summed E-state index contributed by atoms with van der Waals surface area (Å²) in [6, 6.07) is 0. The van der Waals surface area contributed by atoms with Gasteiger partial charge in [-0.05, 0) is 19.0 Å². The van der Waals surface area contributed by atoms with E-state index in [1.165, 1.54) is 48.2 Å². The molecule has 2 atom stereocenters. The van der Waals surface area contributed by atoms with E-state index in [1.54, 1.807) is 13.8 Å². The molecule has 2 unspecified atom stereocenters. The lowest BCUT2D eigenvalue weighted by molar-refractivity contribution is -0.316. The predicted octanol–water partition coefficient (Wildman–Crippen LogP) is 3.13. The summed E-state index contributed by atoms with van der Waals surface area (Å²) in [6.07, 6.45) is 0. The molecule has 0 rings (SSSR count). The van der Waals surface area contributed by atoms with E-state index in [9.17, 15) is 37.5 Å². The van der Waals surface area contributed by atoms with Gasteiger partial charge in [0.1, 0.15) is 7.60 Å². The molecule has 0 aliphatic carbocycles. The summed E-state index contributed by atoms with van der Waals surface area (Å²) >= 11 is 0. The first-order chi connectivity index (χ1) is 14.7. The Bertz CT molecular complexity index is 612. The molecule has 0 saturated carbocycles. The molecule has 0 aliphatic rings. The third-order valence-electron chi connectivity index (χ3n) is 4.16. The molecule has 0 aromatic rings. The topological polar surface area (TPSA) is 235 Å². The first kappa shape index (κ1) is 45.8. The maximum atomic E-state index is 10.9. The average molecular weight is 611 g/mol. The summed E-state index contributed by atoms with van der Waals surface area (Å²) < 4.78 is 51.1. The Balaban J connectivity index is -0.000000107. The first-order valence-electron chi connectivity index (χ1n) is 10.7. The van der Waals surface area contributed by atoms with Crippen molar-refractivity contribution in [2.45, 2.75) is 97.5 Å². The fourth-order valence-corrected chi connectivity index (χ4v) is 0. The lowest BCUT2D eigenvalue weighted by Crippen LogP contribution is -2.21. The Morgan fingerprint density at radius 2 is 0.629 bits per heavy atom. The Labute approximate surface area is 212 Å². The van der Waals surface area contributed by atoms with Crippen LogP contribution in [0.1, 0.15) is 69.2 Å². The van der Waals surface area contributed by atoms with Crippen molar-refractivity contribution in [3.8, 4) is 0 Å². The molecule has 0 amide bonds. The van der Waals surface area contributed by atoms with Gasteiger partial charge < -0.3 is 47.9 Å². The van der Waals surface area contributed by atoms with Crippen molar-refractivity contribution in [3.63, 3.8) is 0 Å². The number of hydrogen-bond donors (Lipinski definition) is 4. The van der Waals surface area contributed by atoms with Gasteiger partial charge in [-0.2, -0.15) is 0 Å². The van der Waals surface area contributed by atoms with E-state index in [2.05, 4.69) is 0 Å². The van der Waals surface area contributed by atoms with Crippen LogP contribution in [0.2, 0.25) is 0 Å². The van der Waals surface area contributed by atoms with E-state index < -0.39 is 54.3 Å². The second-order valence-corrected chi connectivity index (χ2v) is 22.8. The van der Waals surface area contributed by atoms with E-state index in [4.69, 9.17) is 19.6 Å². The maximum Gasteiger partial charge on any atom is 0.328 e. The van der Waals surface area contributed by atoms with Crippen molar-refractivity contribution in [1.29, 1.82) is 0 Å². The molecule has 0 radical (unpaired) electrons. The van der Waals surface area contributed by atoms with Gasteiger partial charge in [-0.3, -0.25) is 9.13 Å². The lowest BCUT2D eigenvalue weighted by Gasteiger charge is -2.33. The van der Waals surface area contributed by atoms with Crippen LogP contribution in [0.15, 0.2) is 0 Å². The van der Waals surface area contributed by atoms with Crippen LogP contribution in [0.3, 0.4) is 0 Å². The quantitative estimate of drug-likeness (QED) is 0.328. The fourth-order valence-electron chi connectivity index (χ4n) is 0. The smallest absolute Gasteiger partial charge is 0.328 e. The predicted molar refractivity (Wildman–Crippen MR) is 140 cm³/mol. The summed E-state index contributed by atoms with van der Waals surface area (Å²) in [5, 5.41) is 0. The highest BCUT2D eigenvalue weighted by molar-refractivity contribution is 7.63. The molecule has 0 aliphatic heterocycles. The van der Waals surface area contributed by atoms with Crippen molar-refractivity contribution < 1.29 is 57.1 Å². The standard InChI is InChI=1S/C5H13OP.C4H11O2P.3C3H9O3P/c1-5(2)7(3,4)6;1-4(2)7(3,5)6;3*1-3(2)7(4,5)6/h5H,1-4H3;4H,1-3H3,(H,5,6);3*3H,1-2H3,(H2,4,5,6)/p-3. The minimum absolute atomic E-state index is 0.0903. The molecule has 0 heterocycles. The minimum atomic E-state index is -4.24. The zero-order chi connectivity index (χ0) is 30.4. The Hall–Kier alpha value is 0.870. The van der Waals surface area contributed by atoms with Gasteiger partial charge >= 0.3 is 7.60 Å². The molecule has 0 saturated heterocycles. The van der Waals surface area contributed by atoms with Gasteiger partial charge in [0, 0.05) is 23.6 Å². The van der Waals surface area contributed by atoms with E-state index in [0.29, 0.717) is 5.66 Å². The van der Waals surface area contributed by atoms with Crippen LogP contribution < -0.4 is 14.7 Å². The molecule has 220 valence electrons. The first-order valence-corrected chi connectivity index (χ1v) is 20.5. The van der Waals surface area contributed by atoms with Crippen molar-refractivity contribution in [1.82, 2.24) is 0 Å².